The zero-order valence-corrected chi connectivity index (χ0v) is 29.5. The van der Waals surface area contributed by atoms with Gasteiger partial charge in [-0.05, 0) is 58.5 Å². The third kappa shape index (κ3) is 9.71. The molecule has 5 unspecified atom stereocenters. The van der Waals surface area contributed by atoms with Crippen LogP contribution in [0.4, 0.5) is 13.2 Å². The molecule has 1 saturated heterocycles. The van der Waals surface area contributed by atoms with Crippen LogP contribution in [0.5, 0.6) is 5.75 Å². The SMILES string of the molecule is COC1(c2ccc(Cl)c(Cc3ccc(OC(F)(F)F)cc3)c2)OC(C=O)C(OCc2ccccc2)C(OCc2ccccc2)C1OCc1ccccc1. The molecule has 1 aliphatic rings. The summed E-state index contributed by atoms with van der Waals surface area (Å²) in [4.78, 5) is 12.9. The van der Waals surface area contributed by atoms with Crippen LogP contribution >= 0.6 is 11.6 Å². The first-order valence-corrected chi connectivity index (χ1v) is 17.3. The van der Waals surface area contributed by atoms with Crippen molar-refractivity contribution in [3.8, 4) is 5.75 Å². The average Bonchev–Trinajstić information content (AvgIpc) is 3.17. The minimum atomic E-state index is -4.81. The van der Waals surface area contributed by atoms with Crippen molar-refractivity contribution >= 4 is 17.9 Å². The molecule has 53 heavy (non-hydrogen) atoms. The van der Waals surface area contributed by atoms with Gasteiger partial charge in [-0.25, -0.2) is 0 Å². The lowest BCUT2D eigenvalue weighted by molar-refractivity contribution is -0.373. The standard InChI is InChI=1S/C42H38ClF3O7/c1-48-41(34-19-22-36(43)33(24-34)23-29-17-20-35(21-18-29)52-42(44,45)46)40(51-28-32-15-9-4-10-16-32)39(50-27-31-13-7-3-8-14-31)38(37(25-47)53-41)49-26-30-11-5-2-6-12-30/h2-22,24-25,37-40H,23,26-28H2,1H3. The molecule has 1 fully saturated rings. The van der Waals surface area contributed by atoms with E-state index in [0.29, 0.717) is 28.0 Å². The second-order valence-corrected chi connectivity index (χ2v) is 12.9. The van der Waals surface area contributed by atoms with Gasteiger partial charge in [-0.1, -0.05) is 121 Å². The van der Waals surface area contributed by atoms with Crippen molar-refractivity contribution < 1.29 is 46.4 Å². The number of halogens is 4. The monoisotopic (exact) mass is 746 g/mol. The van der Waals surface area contributed by atoms with Gasteiger partial charge < -0.3 is 33.2 Å². The van der Waals surface area contributed by atoms with E-state index in [1.165, 1.54) is 31.4 Å². The van der Waals surface area contributed by atoms with Crippen molar-refractivity contribution in [3.63, 3.8) is 0 Å². The fraction of sp³-hybridized carbons (Fsp3) is 0.262. The van der Waals surface area contributed by atoms with Crippen LogP contribution in [0, 0.1) is 0 Å². The molecule has 0 aliphatic carbocycles. The molecule has 0 aromatic heterocycles. The van der Waals surface area contributed by atoms with E-state index >= 15 is 0 Å². The van der Waals surface area contributed by atoms with Gasteiger partial charge in [0.25, 0.3) is 0 Å². The highest BCUT2D eigenvalue weighted by Gasteiger charge is 2.58. The van der Waals surface area contributed by atoms with Gasteiger partial charge in [0.1, 0.15) is 30.2 Å². The molecule has 7 nitrogen and oxygen atoms in total. The van der Waals surface area contributed by atoms with Crippen LogP contribution in [-0.4, -0.2) is 44.2 Å². The van der Waals surface area contributed by atoms with Crippen molar-refractivity contribution in [3.05, 3.63) is 172 Å². The zero-order valence-electron chi connectivity index (χ0n) is 28.8. The van der Waals surface area contributed by atoms with Crippen molar-refractivity contribution in [2.24, 2.45) is 0 Å². The number of hydrogen-bond donors (Lipinski definition) is 0. The fourth-order valence-electron chi connectivity index (χ4n) is 6.36. The quantitative estimate of drug-likeness (QED) is 0.0991. The van der Waals surface area contributed by atoms with E-state index in [9.17, 15) is 18.0 Å². The first kappa shape index (κ1) is 38.2. The Morgan fingerprint density at radius 3 is 1.74 bits per heavy atom. The lowest BCUT2D eigenvalue weighted by Crippen LogP contribution is -2.65. The molecule has 1 aliphatic heterocycles. The van der Waals surface area contributed by atoms with Gasteiger partial charge in [-0.2, -0.15) is 0 Å². The number of aldehydes is 1. The second kappa shape index (κ2) is 17.5. The van der Waals surface area contributed by atoms with Crippen LogP contribution in [0.25, 0.3) is 0 Å². The van der Waals surface area contributed by atoms with E-state index in [1.54, 1.807) is 18.2 Å². The highest BCUT2D eigenvalue weighted by atomic mass is 35.5. The molecule has 5 aromatic rings. The first-order chi connectivity index (χ1) is 25.7. The van der Waals surface area contributed by atoms with Gasteiger partial charge in [0.05, 0.1) is 19.8 Å². The Kier molecular flexibility index (Phi) is 12.6. The molecule has 0 spiro atoms. The molecular weight excluding hydrogens is 709 g/mol. The highest BCUT2D eigenvalue weighted by Crippen LogP contribution is 2.44. The predicted molar refractivity (Wildman–Crippen MR) is 192 cm³/mol. The van der Waals surface area contributed by atoms with Gasteiger partial charge in [0, 0.05) is 17.7 Å². The molecule has 0 N–H and O–H groups in total. The number of carbonyl (C=O) groups is 1. The molecule has 5 aromatic carbocycles. The molecule has 276 valence electrons. The molecule has 6 rings (SSSR count). The maximum atomic E-state index is 12.9. The number of carbonyl (C=O) groups excluding carboxylic acids is 1. The van der Waals surface area contributed by atoms with E-state index in [1.807, 2.05) is 91.0 Å². The predicted octanol–water partition coefficient (Wildman–Crippen LogP) is 8.98. The average molecular weight is 747 g/mol. The largest absolute Gasteiger partial charge is 0.573 e. The maximum absolute atomic E-state index is 12.9. The summed E-state index contributed by atoms with van der Waals surface area (Å²) in [7, 11) is 1.47. The Balaban J connectivity index is 1.39. The molecule has 5 atom stereocenters. The van der Waals surface area contributed by atoms with Gasteiger partial charge >= 0.3 is 6.36 Å². The molecular formula is C42H38ClF3O7. The molecule has 0 radical (unpaired) electrons. The van der Waals surface area contributed by atoms with Gasteiger partial charge in [-0.15, -0.1) is 13.2 Å². The van der Waals surface area contributed by atoms with Crippen LogP contribution in [0.3, 0.4) is 0 Å². The van der Waals surface area contributed by atoms with Gasteiger partial charge in [-0.3, -0.25) is 0 Å². The number of ether oxygens (including phenoxy) is 6. The number of alkyl halides is 3. The minimum Gasteiger partial charge on any atom is -0.406 e. The topological polar surface area (TPSA) is 72.5 Å². The number of benzene rings is 5. The normalized spacial score (nSPS) is 21.6. The summed E-state index contributed by atoms with van der Waals surface area (Å²) >= 11 is 6.71. The third-order valence-electron chi connectivity index (χ3n) is 8.91. The Morgan fingerprint density at radius 2 is 1.23 bits per heavy atom. The van der Waals surface area contributed by atoms with Crippen molar-refractivity contribution in [2.75, 3.05) is 7.11 Å². The summed E-state index contributed by atoms with van der Waals surface area (Å²) in [6, 6.07) is 39.5. The molecule has 0 amide bonds. The zero-order chi connectivity index (χ0) is 37.3. The van der Waals surface area contributed by atoms with E-state index in [2.05, 4.69) is 4.74 Å². The lowest BCUT2D eigenvalue weighted by Gasteiger charge is -2.51. The van der Waals surface area contributed by atoms with Gasteiger partial charge in [0.15, 0.2) is 6.29 Å². The third-order valence-corrected chi connectivity index (χ3v) is 9.28. The highest BCUT2D eigenvalue weighted by molar-refractivity contribution is 6.31. The Hall–Kier alpha value is -4.55. The fourth-order valence-corrected chi connectivity index (χ4v) is 6.54. The minimum absolute atomic E-state index is 0.148. The van der Waals surface area contributed by atoms with Crippen molar-refractivity contribution in [1.82, 2.24) is 0 Å². The smallest absolute Gasteiger partial charge is 0.406 e. The Labute approximate surface area is 311 Å². The summed E-state index contributed by atoms with van der Waals surface area (Å²) in [5, 5.41) is 0.404. The Bertz CT molecular complexity index is 1900. The summed E-state index contributed by atoms with van der Waals surface area (Å²) < 4.78 is 75.2. The van der Waals surface area contributed by atoms with E-state index < -0.39 is 36.6 Å². The maximum Gasteiger partial charge on any atom is 0.573 e. The Morgan fingerprint density at radius 1 is 0.698 bits per heavy atom. The first-order valence-electron chi connectivity index (χ1n) is 17.0. The van der Waals surface area contributed by atoms with E-state index in [-0.39, 0.29) is 32.0 Å². The van der Waals surface area contributed by atoms with Crippen LogP contribution in [0.1, 0.15) is 33.4 Å². The van der Waals surface area contributed by atoms with Gasteiger partial charge in [0.2, 0.25) is 5.79 Å². The number of hydrogen-bond acceptors (Lipinski definition) is 7. The van der Waals surface area contributed by atoms with E-state index in [4.69, 9.17) is 35.3 Å². The lowest BCUT2D eigenvalue weighted by atomic mass is 9.86. The second-order valence-electron chi connectivity index (χ2n) is 12.5. The van der Waals surface area contributed by atoms with Crippen molar-refractivity contribution in [1.29, 1.82) is 0 Å². The summed E-state index contributed by atoms with van der Waals surface area (Å²) in [6.45, 7) is 0.496. The molecule has 1 heterocycles. The van der Waals surface area contributed by atoms with Crippen LogP contribution in [0.2, 0.25) is 5.02 Å². The molecule has 0 bridgehead atoms. The molecule has 11 heteroatoms. The van der Waals surface area contributed by atoms with Crippen molar-refractivity contribution in [2.45, 2.75) is 62.8 Å². The van der Waals surface area contributed by atoms with E-state index in [0.717, 1.165) is 16.7 Å². The molecule has 0 saturated carbocycles. The summed E-state index contributed by atoms with van der Waals surface area (Å²) in [6.07, 6.45) is -7.84. The number of methoxy groups -OCH3 is 1. The van der Waals surface area contributed by atoms with Crippen LogP contribution < -0.4 is 4.74 Å². The number of rotatable bonds is 15. The summed E-state index contributed by atoms with van der Waals surface area (Å²) in [5.41, 5.74) is 4.46. The summed E-state index contributed by atoms with van der Waals surface area (Å²) in [5.74, 6) is -2.04. The van der Waals surface area contributed by atoms with Crippen LogP contribution in [0.15, 0.2) is 133 Å². The van der Waals surface area contributed by atoms with Crippen LogP contribution in [-0.2, 0) is 60.5 Å².